The van der Waals surface area contributed by atoms with E-state index in [0.717, 1.165) is 12.1 Å². The van der Waals surface area contributed by atoms with Crippen LogP contribution in [0.5, 0.6) is 0 Å². The summed E-state index contributed by atoms with van der Waals surface area (Å²) in [7, 11) is 0. The Balaban J connectivity index is 2.51. The summed E-state index contributed by atoms with van der Waals surface area (Å²) in [5.41, 5.74) is 4.86. The summed E-state index contributed by atoms with van der Waals surface area (Å²) >= 11 is 0. The lowest BCUT2D eigenvalue weighted by Gasteiger charge is -2.22. The molecular weight excluding hydrogens is 283 g/mol. The van der Waals surface area contributed by atoms with E-state index in [1.54, 1.807) is 6.07 Å². The lowest BCUT2D eigenvalue weighted by Crippen LogP contribution is -2.32. The number of oxime groups is 1. The molecule has 7 heteroatoms. The highest BCUT2D eigenvalue weighted by Crippen LogP contribution is 2.30. The molecule has 4 nitrogen and oxygen atoms in total. The van der Waals surface area contributed by atoms with Crippen LogP contribution in [-0.2, 0) is 6.18 Å². The van der Waals surface area contributed by atoms with Crippen LogP contribution in [0.4, 0.5) is 18.9 Å². The van der Waals surface area contributed by atoms with Gasteiger partial charge in [0.2, 0.25) is 0 Å². The van der Waals surface area contributed by atoms with Crippen LogP contribution in [-0.4, -0.2) is 17.6 Å². The average Bonchev–Trinajstić information content (AvgIpc) is 2.42. The van der Waals surface area contributed by atoms with Gasteiger partial charge in [-0.05, 0) is 31.0 Å². The number of benzene rings is 1. The number of hydrogen-bond donors (Lipinski definition) is 3. The predicted molar refractivity (Wildman–Crippen MR) is 76.4 cm³/mol. The standard InChI is InChI=1S/C14H20F3N3O/c1-13(2,12(18)20-21)7-4-8-19-11-6-3-5-10(9-11)14(15,16)17/h3,5-6,9,19,21H,4,7-8H2,1-2H3,(H2,18,20). The van der Waals surface area contributed by atoms with E-state index in [9.17, 15) is 13.2 Å². The Kier molecular flexibility index (Phi) is 5.46. The maximum atomic E-state index is 12.6. The fraction of sp³-hybridized carbons (Fsp3) is 0.500. The third-order valence-electron chi connectivity index (χ3n) is 3.30. The molecule has 1 aromatic rings. The lowest BCUT2D eigenvalue weighted by atomic mass is 9.86. The van der Waals surface area contributed by atoms with Crippen molar-refractivity contribution in [3.63, 3.8) is 0 Å². The van der Waals surface area contributed by atoms with Crippen molar-refractivity contribution in [3.8, 4) is 0 Å². The smallest absolute Gasteiger partial charge is 0.409 e. The minimum absolute atomic E-state index is 0.140. The Bertz CT molecular complexity index is 498. The molecule has 0 aliphatic rings. The molecule has 0 heterocycles. The van der Waals surface area contributed by atoms with Gasteiger partial charge in [-0.1, -0.05) is 25.1 Å². The number of nitrogens with one attached hydrogen (secondary N) is 1. The molecule has 0 spiro atoms. The molecule has 0 fully saturated rings. The SMILES string of the molecule is CC(C)(CCCNc1cccc(C(F)(F)F)c1)C(N)=NO. The van der Waals surface area contributed by atoms with Gasteiger partial charge in [0.1, 0.15) is 5.84 Å². The molecule has 1 rings (SSSR count). The molecule has 0 aromatic heterocycles. The van der Waals surface area contributed by atoms with Gasteiger partial charge in [-0.2, -0.15) is 13.2 Å². The van der Waals surface area contributed by atoms with Crippen LogP contribution in [0.3, 0.4) is 0 Å². The van der Waals surface area contributed by atoms with Crippen LogP contribution < -0.4 is 11.1 Å². The predicted octanol–water partition coefficient (Wildman–Crippen LogP) is 3.67. The summed E-state index contributed by atoms with van der Waals surface area (Å²) in [5.74, 6) is 0.140. The third-order valence-corrected chi connectivity index (χ3v) is 3.30. The van der Waals surface area contributed by atoms with E-state index in [4.69, 9.17) is 10.9 Å². The Morgan fingerprint density at radius 2 is 2.00 bits per heavy atom. The molecule has 0 unspecified atom stereocenters. The Hall–Kier alpha value is -1.92. The zero-order valence-electron chi connectivity index (χ0n) is 12.0. The van der Waals surface area contributed by atoms with E-state index in [1.165, 1.54) is 6.07 Å². The van der Waals surface area contributed by atoms with Gasteiger partial charge in [0, 0.05) is 17.6 Å². The molecule has 21 heavy (non-hydrogen) atoms. The largest absolute Gasteiger partial charge is 0.416 e. The number of nitrogens with zero attached hydrogens (tertiary/aromatic N) is 1. The fourth-order valence-corrected chi connectivity index (χ4v) is 1.83. The van der Waals surface area contributed by atoms with Crippen molar-refractivity contribution in [2.75, 3.05) is 11.9 Å². The highest BCUT2D eigenvalue weighted by atomic mass is 19.4. The number of amidine groups is 1. The highest BCUT2D eigenvalue weighted by molar-refractivity contribution is 5.85. The first-order valence-corrected chi connectivity index (χ1v) is 6.56. The maximum Gasteiger partial charge on any atom is 0.416 e. The normalized spacial score (nSPS) is 13.3. The van der Waals surface area contributed by atoms with Crippen LogP contribution in [0.25, 0.3) is 0 Å². The van der Waals surface area contributed by atoms with Gasteiger partial charge in [0.25, 0.3) is 0 Å². The lowest BCUT2D eigenvalue weighted by molar-refractivity contribution is -0.137. The number of anilines is 1. The van der Waals surface area contributed by atoms with Crippen molar-refractivity contribution in [2.24, 2.45) is 16.3 Å². The number of rotatable bonds is 6. The van der Waals surface area contributed by atoms with Crippen LogP contribution in [0.2, 0.25) is 0 Å². The van der Waals surface area contributed by atoms with Crippen molar-refractivity contribution >= 4 is 11.5 Å². The van der Waals surface area contributed by atoms with Gasteiger partial charge >= 0.3 is 6.18 Å². The van der Waals surface area contributed by atoms with Gasteiger partial charge in [0.15, 0.2) is 0 Å². The van der Waals surface area contributed by atoms with Crippen LogP contribution in [0, 0.1) is 5.41 Å². The van der Waals surface area contributed by atoms with Crippen molar-refractivity contribution in [1.29, 1.82) is 0 Å². The van der Waals surface area contributed by atoms with Crippen molar-refractivity contribution in [1.82, 2.24) is 0 Å². The quantitative estimate of drug-likeness (QED) is 0.247. The van der Waals surface area contributed by atoms with E-state index in [1.807, 2.05) is 13.8 Å². The number of halogens is 3. The third kappa shape index (κ3) is 5.17. The molecule has 0 aliphatic carbocycles. The van der Waals surface area contributed by atoms with Gasteiger partial charge < -0.3 is 16.3 Å². The Morgan fingerprint density at radius 3 is 2.57 bits per heavy atom. The molecule has 0 aliphatic heterocycles. The topological polar surface area (TPSA) is 70.6 Å². The van der Waals surface area contributed by atoms with Crippen molar-refractivity contribution in [2.45, 2.75) is 32.9 Å². The summed E-state index contributed by atoms with van der Waals surface area (Å²) in [6, 6.07) is 5.07. The zero-order chi connectivity index (χ0) is 16.1. The van der Waals surface area contributed by atoms with E-state index in [0.29, 0.717) is 25.1 Å². The summed E-state index contributed by atoms with van der Waals surface area (Å²) in [5, 5.41) is 14.6. The Labute approximate surface area is 121 Å². The van der Waals surface area contributed by atoms with Crippen molar-refractivity contribution < 1.29 is 18.4 Å². The van der Waals surface area contributed by atoms with Gasteiger partial charge in [0.05, 0.1) is 5.56 Å². The molecule has 0 amide bonds. The second-order valence-corrected chi connectivity index (χ2v) is 5.48. The molecule has 0 bridgehead atoms. The molecule has 118 valence electrons. The van der Waals surface area contributed by atoms with Gasteiger partial charge in [-0.25, -0.2) is 0 Å². The zero-order valence-corrected chi connectivity index (χ0v) is 12.0. The molecule has 0 atom stereocenters. The first-order chi connectivity index (χ1) is 9.66. The van der Waals surface area contributed by atoms with E-state index >= 15 is 0 Å². The second kappa shape index (κ2) is 6.69. The summed E-state index contributed by atoms with van der Waals surface area (Å²) in [4.78, 5) is 0. The maximum absolute atomic E-state index is 12.6. The number of nitrogens with two attached hydrogens (primary N) is 1. The average molecular weight is 303 g/mol. The van der Waals surface area contributed by atoms with Crippen molar-refractivity contribution in [3.05, 3.63) is 29.8 Å². The van der Waals surface area contributed by atoms with Crippen LogP contribution >= 0.6 is 0 Å². The second-order valence-electron chi connectivity index (χ2n) is 5.48. The van der Waals surface area contributed by atoms with E-state index in [-0.39, 0.29) is 5.84 Å². The number of hydrogen-bond acceptors (Lipinski definition) is 3. The minimum Gasteiger partial charge on any atom is -0.409 e. The highest BCUT2D eigenvalue weighted by Gasteiger charge is 2.30. The Morgan fingerprint density at radius 1 is 1.33 bits per heavy atom. The summed E-state index contributed by atoms with van der Waals surface area (Å²) in [6.45, 7) is 4.18. The van der Waals surface area contributed by atoms with Gasteiger partial charge in [-0.3, -0.25) is 0 Å². The first-order valence-electron chi connectivity index (χ1n) is 6.56. The molecule has 4 N–H and O–H groups in total. The molecule has 0 saturated carbocycles. The van der Waals surface area contributed by atoms with E-state index < -0.39 is 17.2 Å². The van der Waals surface area contributed by atoms with Crippen LogP contribution in [0.1, 0.15) is 32.3 Å². The molecule has 0 radical (unpaired) electrons. The molecular formula is C14H20F3N3O. The van der Waals surface area contributed by atoms with E-state index in [2.05, 4.69) is 10.5 Å². The molecule has 0 saturated heterocycles. The van der Waals surface area contributed by atoms with Crippen LogP contribution in [0.15, 0.2) is 29.4 Å². The first kappa shape index (κ1) is 17.1. The summed E-state index contributed by atoms with van der Waals surface area (Å²) in [6.07, 6.45) is -3.01. The number of alkyl halides is 3. The fourth-order valence-electron chi connectivity index (χ4n) is 1.83. The van der Waals surface area contributed by atoms with Gasteiger partial charge in [-0.15, -0.1) is 0 Å². The monoisotopic (exact) mass is 303 g/mol. The molecule has 1 aromatic carbocycles. The minimum atomic E-state index is -4.34. The summed E-state index contributed by atoms with van der Waals surface area (Å²) < 4.78 is 37.7.